The summed E-state index contributed by atoms with van der Waals surface area (Å²) in [4.78, 5) is 45.8. The van der Waals surface area contributed by atoms with Crippen LogP contribution < -0.4 is 0 Å². The van der Waals surface area contributed by atoms with E-state index >= 15 is 0 Å². The molecular weight excluding hydrogens is 496 g/mol. The van der Waals surface area contributed by atoms with Crippen molar-refractivity contribution in [2.24, 2.45) is 17.8 Å². The Balaban J connectivity index is 2.05. The number of carbonyl (C=O) groups is 3. The molecule has 0 saturated carbocycles. The monoisotopic (exact) mass is 546 g/mol. The summed E-state index contributed by atoms with van der Waals surface area (Å²) < 4.78 is 12.4. The van der Waals surface area contributed by atoms with E-state index in [2.05, 4.69) is 20.1 Å². The van der Waals surface area contributed by atoms with Gasteiger partial charge >= 0.3 is 5.97 Å². The predicted octanol–water partition coefficient (Wildman–Crippen LogP) is 4.26. The van der Waals surface area contributed by atoms with Gasteiger partial charge < -0.3 is 24.4 Å². The normalized spacial score (nSPS) is 31.5. The van der Waals surface area contributed by atoms with Crippen LogP contribution in [0.3, 0.4) is 0 Å². The average molecular weight is 547 g/mol. The summed E-state index contributed by atoms with van der Waals surface area (Å²) in [5.41, 5.74) is -2.02. The minimum Gasteiger partial charge on any atom is -0.465 e. The molecule has 2 bridgehead atoms. The Labute approximate surface area is 234 Å². The molecule has 0 aromatic heterocycles. The molecule has 3 saturated heterocycles. The number of fused-ring (bicyclic) bond motifs is 1. The maximum Gasteiger partial charge on any atom is 0.312 e. The summed E-state index contributed by atoms with van der Waals surface area (Å²) in [5.74, 6) is -2.59. The molecule has 0 radical (unpaired) electrons. The quantitative estimate of drug-likeness (QED) is 0.177. The fourth-order valence-corrected chi connectivity index (χ4v) is 7.18. The van der Waals surface area contributed by atoms with E-state index in [1.807, 2.05) is 33.8 Å². The van der Waals surface area contributed by atoms with Gasteiger partial charge in [-0.2, -0.15) is 0 Å². The van der Waals surface area contributed by atoms with Gasteiger partial charge in [-0.1, -0.05) is 45.8 Å². The Morgan fingerprint density at radius 3 is 2.54 bits per heavy atom. The van der Waals surface area contributed by atoms with Gasteiger partial charge in [0.1, 0.15) is 17.6 Å². The number of hydrogen-bond donors (Lipinski definition) is 1. The van der Waals surface area contributed by atoms with Crippen LogP contribution in [0, 0.1) is 17.8 Å². The highest BCUT2D eigenvalue weighted by Gasteiger charge is 2.79. The Kier molecular flexibility index (Phi) is 10.4. The third kappa shape index (κ3) is 5.56. The van der Waals surface area contributed by atoms with Crippen LogP contribution in [0.5, 0.6) is 0 Å². The lowest BCUT2D eigenvalue weighted by molar-refractivity contribution is -0.163. The molecule has 0 aromatic carbocycles. The Hall–Kier alpha value is -2.19. The number of aliphatic hydroxyl groups is 1. The van der Waals surface area contributed by atoms with Gasteiger partial charge in [-0.15, -0.1) is 13.2 Å². The van der Waals surface area contributed by atoms with Crippen molar-refractivity contribution in [3.8, 4) is 0 Å². The van der Waals surface area contributed by atoms with Crippen LogP contribution >= 0.6 is 0 Å². The molecule has 2 amide bonds. The summed E-state index contributed by atoms with van der Waals surface area (Å²) in [5, 5.41) is 10.5. The van der Waals surface area contributed by atoms with Crippen molar-refractivity contribution >= 4 is 17.8 Å². The Morgan fingerprint density at radius 1 is 1.23 bits per heavy atom. The second-order valence-corrected chi connectivity index (χ2v) is 12.0. The third-order valence-corrected chi connectivity index (χ3v) is 9.44. The van der Waals surface area contributed by atoms with Crippen molar-refractivity contribution in [1.82, 2.24) is 9.80 Å². The van der Waals surface area contributed by atoms with Crippen molar-refractivity contribution in [3.63, 3.8) is 0 Å². The van der Waals surface area contributed by atoms with Gasteiger partial charge in [0.05, 0.1) is 30.8 Å². The standard InChI is InChI=1S/C31H50N2O6/c1-8-12-13-14-19-38-29(37)25-24-27(35)33(23(20-34)21(5)11-4)26(31(24)17-16-30(25,7)39-31)28(36)32(18-10-3)22(6)15-9-2/h8,10,21-26,34H,1,3,9,11-20H2,2,4-7H3/t21-,22?,23-,24-,25+,26?,30-,31?/m0/s1. The molecule has 0 aromatic rings. The van der Waals surface area contributed by atoms with E-state index in [1.54, 1.807) is 15.9 Å². The molecule has 1 N–H and O–H groups in total. The average Bonchev–Trinajstić information content (AvgIpc) is 3.48. The SMILES string of the molecule is C=CCCCCOC(=O)[C@H]1[C@H]2C(=O)N([C@@H](CO)[C@@H](C)CC)C(C(=O)N(CC=C)C(C)CCC)C23CC[C@]1(C)O3. The molecular formula is C31H50N2O6. The van der Waals surface area contributed by atoms with Gasteiger partial charge in [0.2, 0.25) is 11.8 Å². The van der Waals surface area contributed by atoms with Gasteiger partial charge in [0.25, 0.3) is 0 Å². The maximum atomic E-state index is 14.5. The van der Waals surface area contributed by atoms with Gasteiger partial charge in [-0.25, -0.2) is 0 Å². The summed E-state index contributed by atoms with van der Waals surface area (Å²) in [7, 11) is 0. The molecule has 1 spiro atoms. The summed E-state index contributed by atoms with van der Waals surface area (Å²) in [6.45, 7) is 17.9. The molecule has 8 heteroatoms. The third-order valence-electron chi connectivity index (χ3n) is 9.44. The first kappa shape index (κ1) is 31.3. The zero-order chi connectivity index (χ0) is 29.0. The van der Waals surface area contributed by atoms with Crippen molar-refractivity contribution in [2.45, 2.75) is 115 Å². The predicted molar refractivity (Wildman–Crippen MR) is 151 cm³/mol. The van der Waals surface area contributed by atoms with Crippen LogP contribution in [0.4, 0.5) is 0 Å². The van der Waals surface area contributed by atoms with Crippen molar-refractivity contribution in [3.05, 3.63) is 25.3 Å². The number of hydrogen-bond acceptors (Lipinski definition) is 6. The van der Waals surface area contributed by atoms with Gasteiger partial charge in [0, 0.05) is 12.6 Å². The molecule has 8 atom stereocenters. The second-order valence-electron chi connectivity index (χ2n) is 12.0. The van der Waals surface area contributed by atoms with Crippen molar-refractivity contribution in [2.75, 3.05) is 19.8 Å². The molecule has 3 aliphatic rings. The van der Waals surface area contributed by atoms with Crippen LogP contribution in [-0.4, -0.2) is 81.8 Å². The minimum absolute atomic E-state index is 0.0477. The zero-order valence-electron chi connectivity index (χ0n) is 24.7. The van der Waals surface area contributed by atoms with E-state index in [0.717, 1.165) is 32.1 Å². The highest BCUT2D eigenvalue weighted by Crippen LogP contribution is 2.64. The lowest BCUT2D eigenvalue weighted by atomic mass is 9.66. The molecule has 220 valence electrons. The van der Waals surface area contributed by atoms with Crippen molar-refractivity contribution < 1.29 is 29.0 Å². The molecule has 8 nitrogen and oxygen atoms in total. The fraction of sp³-hybridized carbons (Fsp3) is 0.774. The van der Waals surface area contributed by atoms with E-state index < -0.39 is 41.1 Å². The number of aliphatic hydroxyl groups excluding tert-OH is 1. The van der Waals surface area contributed by atoms with E-state index in [-0.39, 0.29) is 37.0 Å². The first-order valence-corrected chi connectivity index (χ1v) is 14.9. The van der Waals surface area contributed by atoms with Crippen LogP contribution in [-0.2, 0) is 23.9 Å². The summed E-state index contributed by atoms with van der Waals surface area (Å²) in [6.07, 6.45) is 9.48. The fourth-order valence-electron chi connectivity index (χ4n) is 7.18. The lowest BCUT2D eigenvalue weighted by Crippen LogP contribution is -2.61. The van der Waals surface area contributed by atoms with E-state index in [0.29, 0.717) is 25.8 Å². The molecule has 39 heavy (non-hydrogen) atoms. The van der Waals surface area contributed by atoms with Crippen LogP contribution in [0.15, 0.2) is 25.3 Å². The smallest absolute Gasteiger partial charge is 0.312 e. The first-order valence-electron chi connectivity index (χ1n) is 14.9. The number of allylic oxidation sites excluding steroid dienone is 1. The highest BCUT2D eigenvalue weighted by atomic mass is 16.6. The largest absolute Gasteiger partial charge is 0.465 e. The topological polar surface area (TPSA) is 96.4 Å². The maximum absolute atomic E-state index is 14.5. The van der Waals surface area contributed by atoms with Crippen LogP contribution in [0.2, 0.25) is 0 Å². The zero-order valence-corrected chi connectivity index (χ0v) is 24.7. The molecule has 3 aliphatic heterocycles. The van der Waals surface area contributed by atoms with Gasteiger partial charge in [0.15, 0.2) is 0 Å². The molecule has 3 rings (SSSR count). The van der Waals surface area contributed by atoms with Crippen molar-refractivity contribution in [1.29, 1.82) is 0 Å². The van der Waals surface area contributed by atoms with Crippen LogP contribution in [0.25, 0.3) is 0 Å². The molecule has 3 heterocycles. The molecule has 3 fully saturated rings. The van der Waals surface area contributed by atoms with Gasteiger partial charge in [-0.3, -0.25) is 14.4 Å². The second kappa shape index (κ2) is 13.0. The number of carbonyl (C=O) groups excluding carboxylic acids is 3. The number of ether oxygens (including phenoxy) is 2. The van der Waals surface area contributed by atoms with E-state index in [4.69, 9.17) is 9.47 Å². The first-order chi connectivity index (χ1) is 18.6. The summed E-state index contributed by atoms with van der Waals surface area (Å²) in [6, 6.07) is -1.54. The number of unbranched alkanes of at least 4 members (excludes halogenated alkanes) is 2. The number of amides is 2. The molecule has 0 aliphatic carbocycles. The van der Waals surface area contributed by atoms with E-state index in [9.17, 15) is 19.5 Å². The van der Waals surface area contributed by atoms with E-state index in [1.165, 1.54) is 0 Å². The Morgan fingerprint density at radius 2 is 1.95 bits per heavy atom. The summed E-state index contributed by atoms with van der Waals surface area (Å²) >= 11 is 0. The number of rotatable bonds is 16. The number of likely N-dealkylation sites (tertiary alicyclic amines) is 1. The molecule has 3 unspecified atom stereocenters. The lowest BCUT2D eigenvalue weighted by Gasteiger charge is -2.42. The van der Waals surface area contributed by atoms with Gasteiger partial charge in [-0.05, 0) is 58.3 Å². The number of nitrogens with zero attached hydrogens (tertiary/aromatic N) is 2. The van der Waals surface area contributed by atoms with Crippen LogP contribution in [0.1, 0.15) is 86.0 Å². The Bertz CT molecular complexity index is 923. The minimum atomic E-state index is -1.14. The highest BCUT2D eigenvalue weighted by molar-refractivity contribution is 5.98. The number of esters is 1.